The van der Waals surface area contributed by atoms with Crippen LogP contribution < -0.4 is 0 Å². The zero-order valence-electron chi connectivity index (χ0n) is 11.2. The predicted octanol–water partition coefficient (Wildman–Crippen LogP) is 1.09. The maximum absolute atomic E-state index is 11.8. The number of hydrogen-bond acceptors (Lipinski definition) is 3. The molecule has 0 saturated carbocycles. The van der Waals surface area contributed by atoms with Gasteiger partial charge in [0.1, 0.15) is 0 Å². The van der Waals surface area contributed by atoms with E-state index in [1.165, 1.54) is 0 Å². The number of carbonyl (C=O) groups excluding carboxylic acids is 1. The molecule has 0 atom stereocenters. The molecule has 1 rings (SSSR count). The molecular formula is C13H26N2O2. The molecule has 17 heavy (non-hydrogen) atoms. The van der Waals surface area contributed by atoms with Crippen LogP contribution in [-0.2, 0) is 4.79 Å². The van der Waals surface area contributed by atoms with Crippen LogP contribution >= 0.6 is 0 Å². The van der Waals surface area contributed by atoms with E-state index in [2.05, 4.69) is 4.90 Å². The van der Waals surface area contributed by atoms with Gasteiger partial charge in [-0.15, -0.1) is 0 Å². The van der Waals surface area contributed by atoms with Crippen LogP contribution in [0.3, 0.4) is 0 Å². The fourth-order valence-corrected chi connectivity index (χ4v) is 2.33. The minimum absolute atomic E-state index is 0.108. The number of rotatable bonds is 6. The van der Waals surface area contributed by atoms with Crippen molar-refractivity contribution in [1.82, 2.24) is 9.80 Å². The quantitative estimate of drug-likeness (QED) is 0.758. The topological polar surface area (TPSA) is 43.8 Å². The summed E-state index contributed by atoms with van der Waals surface area (Å²) in [5, 5.41) is 9.39. The molecule has 100 valence electrons. The Balaban J connectivity index is 2.13. The molecule has 0 spiro atoms. The minimum Gasteiger partial charge on any atom is -0.393 e. The second kappa shape index (κ2) is 7.67. The molecule has 0 aromatic rings. The highest BCUT2D eigenvalue weighted by Gasteiger charge is 2.17. The van der Waals surface area contributed by atoms with Gasteiger partial charge in [0.25, 0.3) is 0 Å². The van der Waals surface area contributed by atoms with E-state index >= 15 is 0 Å². The summed E-state index contributed by atoms with van der Waals surface area (Å²) in [6.45, 7) is 8.60. The second-order valence-electron chi connectivity index (χ2n) is 4.74. The van der Waals surface area contributed by atoms with Gasteiger partial charge in [-0.3, -0.25) is 4.79 Å². The zero-order chi connectivity index (χ0) is 12.7. The molecule has 0 aromatic carbocycles. The Labute approximate surface area is 105 Å². The molecule has 1 fully saturated rings. The van der Waals surface area contributed by atoms with Crippen molar-refractivity contribution in [3.8, 4) is 0 Å². The Morgan fingerprint density at radius 3 is 2.41 bits per heavy atom. The Kier molecular flexibility index (Phi) is 6.52. The summed E-state index contributed by atoms with van der Waals surface area (Å²) < 4.78 is 0. The van der Waals surface area contributed by atoms with Gasteiger partial charge in [0, 0.05) is 32.6 Å². The molecular weight excluding hydrogens is 216 g/mol. The number of aliphatic hydroxyl groups excluding tert-OH is 1. The fourth-order valence-electron chi connectivity index (χ4n) is 2.33. The average Bonchev–Trinajstić information content (AvgIpc) is 2.33. The van der Waals surface area contributed by atoms with Crippen molar-refractivity contribution in [2.24, 2.45) is 0 Å². The number of amides is 1. The SMILES string of the molecule is CCN(CC)C(=O)CCCN1CCC(O)CC1. The minimum atomic E-state index is -0.108. The fraction of sp³-hybridized carbons (Fsp3) is 0.923. The van der Waals surface area contributed by atoms with Gasteiger partial charge in [0.2, 0.25) is 5.91 Å². The van der Waals surface area contributed by atoms with Crippen molar-refractivity contribution in [1.29, 1.82) is 0 Å². The maximum Gasteiger partial charge on any atom is 0.222 e. The van der Waals surface area contributed by atoms with Crippen LogP contribution in [0.2, 0.25) is 0 Å². The monoisotopic (exact) mass is 242 g/mol. The molecule has 1 heterocycles. The summed E-state index contributed by atoms with van der Waals surface area (Å²) in [4.78, 5) is 16.0. The number of nitrogens with zero attached hydrogens (tertiary/aromatic N) is 2. The molecule has 0 unspecified atom stereocenters. The van der Waals surface area contributed by atoms with Crippen LogP contribution in [-0.4, -0.2) is 59.6 Å². The molecule has 4 nitrogen and oxygen atoms in total. The van der Waals surface area contributed by atoms with Crippen molar-refractivity contribution < 1.29 is 9.90 Å². The normalized spacial score (nSPS) is 18.3. The number of likely N-dealkylation sites (tertiary alicyclic amines) is 1. The molecule has 0 aromatic heterocycles. The highest BCUT2D eigenvalue weighted by Crippen LogP contribution is 2.10. The Morgan fingerprint density at radius 2 is 1.88 bits per heavy atom. The molecule has 1 amide bonds. The third-order valence-corrected chi connectivity index (χ3v) is 3.54. The van der Waals surface area contributed by atoms with Gasteiger partial charge in [-0.1, -0.05) is 0 Å². The lowest BCUT2D eigenvalue weighted by Crippen LogP contribution is -2.37. The summed E-state index contributed by atoms with van der Waals surface area (Å²) in [5.74, 6) is 0.270. The van der Waals surface area contributed by atoms with E-state index in [0.29, 0.717) is 6.42 Å². The smallest absolute Gasteiger partial charge is 0.222 e. The van der Waals surface area contributed by atoms with Gasteiger partial charge < -0.3 is 14.9 Å². The van der Waals surface area contributed by atoms with Gasteiger partial charge in [-0.05, 0) is 39.7 Å². The lowest BCUT2D eigenvalue weighted by Gasteiger charge is -2.29. The van der Waals surface area contributed by atoms with Gasteiger partial charge in [0.15, 0.2) is 0 Å². The molecule has 0 radical (unpaired) electrons. The summed E-state index contributed by atoms with van der Waals surface area (Å²) in [5.41, 5.74) is 0. The number of piperidine rings is 1. The van der Waals surface area contributed by atoms with Crippen LogP contribution in [0, 0.1) is 0 Å². The average molecular weight is 242 g/mol. The maximum atomic E-state index is 11.8. The van der Waals surface area contributed by atoms with Crippen LogP contribution in [0.5, 0.6) is 0 Å². The van der Waals surface area contributed by atoms with Crippen LogP contribution in [0.15, 0.2) is 0 Å². The largest absolute Gasteiger partial charge is 0.393 e. The summed E-state index contributed by atoms with van der Waals surface area (Å²) in [7, 11) is 0. The molecule has 1 aliphatic rings. The van der Waals surface area contributed by atoms with E-state index in [1.807, 2.05) is 18.7 Å². The summed E-state index contributed by atoms with van der Waals surface area (Å²) in [6, 6.07) is 0. The first kappa shape index (κ1) is 14.5. The molecule has 1 aliphatic heterocycles. The van der Waals surface area contributed by atoms with Crippen molar-refractivity contribution >= 4 is 5.91 Å². The van der Waals surface area contributed by atoms with E-state index in [9.17, 15) is 9.90 Å². The third-order valence-electron chi connectivity index (χ3n) is 3.54. The summed E-state index contributed by atoms with van der Waals surface area (Å²) in [6.07, 6.45) is 3.24. The van der Waals surface area contributed by atoms with E-state index in [-0.39, 0.29) is 12.0 Å². The molecule has 1 N–H and O–H groups in total. The van der Waals surface area contributed by atoms with Gasteiger partial charge in [0.05, 0.1) is 6.10 Å². The van der Waals surface area contributed by atoms with E-state index in [4.69, 9.17) is 0 Å². The second-order valence-corrected chi connectivity index (χ2v) is 4.74. The van der Waals surface area contributed by atoms with Crippen LogP contribution in [0.4, 0.5) is 0 Å². The Bertz CT molecular complexity index is 221. The lowest BCUT2D eigenvalue weighted by atomic mass is 10.1. The molecule has 4 heteroatoms. The van der Waals surface area contributed by atoms with E-state index in [1.54, 1.807) is 0 Å². The van der Waals surface area contributed by atoms with Gasteiger partial charge in [-0.2, -0.15) is 0 Å². The van der Waals surface area contributed by atoms with Gasteiger partial charge >= 0.3 is 0 Å². The molecule has 1 saturated heterocycles. The zero-order valence-corrected chi connectivity index (χ0v) is 11.2. The van der Waals surface area contributed by atoms with Crippen LogP contribution in [0.1, 0.15) is 39.5 Å². The van der Waals surface area contributed by atoms with E-state index < -0.39 is 0 Å². The Morgan fingerprint density at radius 1 is 1.29 bits per heavy atom. The highest BCUT2D eigenvalue weighted by atomic mass is 16.3. The summed E-state index contributed by atoms with van der Waals surface area (Å²) >= 11 is 0. The first-order valence-corrected chi connectivity index (χ1v) is 6.85. The highest BCUT2D eigenvalue weighted by molar-refractivity contribution is 5.76. The lowest BCUT2D eigenvalue weighted by molar-refractivity contribution is -0.131. The van der Waals surface area contributed by atoms with Crippen molar-refractivity contribution in [3.63, 3.8) is 0 Å². The number of hydrogen-bond donors (Lipinski definition) is 1. The van der Waals surface area contributed by atoms with Crippen LogP contribution in [0.25, 0.3) is 0 Å². The molecule has 0 bridgehead atoms. The van der Waals surface area contributed by atoms with Crippen molar-refractivity contribution in [2.45, 2.75) is 45.6 Å². The standard InChI is InChI=1S/C13H26N2O2/c1-3-15(4-2)13(17)6-5-9-14-10-7-12(16)8-11-14/h12,16H,3-11H2,1-2H3. The van der Waals surface area contributed by atoms with Crippen molar-refractivity contribution in [3.05, 3.63) is 0 Å². The molecule has 0 aliphatic carbocycles. The Hall–Kier alpha value is -0.610. The van der Waals surface area contributed by atoms with Gasteiger partial charge in [-0.25, -0.2) is 0 Å². The predicted molar refractivity (Wildman–Crippen MR) is 68.8 cm³/mol. The first-order valence-electron chi connectivity index (χ1n) is 6.85. The number of carbonyl (C=O) groups is 1. The van der Waals surface area contributed by atoms with Crippen molar-refractivity contribution in [2.75, 3.05) is 32.7 Å². The first-order chi connectivity index (χ1) is 8.17. The third kappa shape index (κ3) is 5.04. The number of aliphatic hydroxyl groups is 1. The van der Waals surface area contributed by atoms with E-state index in [0.717, 1.165) is 52.0 Å².